The molecule has 3 aromatic carbocycles. The standard InChI is InChI=1S/C23H18ClIN2O4S/c24-17-6-12-20(13-7-17)32(30,31)26(15-16-4-2-1-3-5-16)21-14-22(28)27(23(21)29)19-10-8-18(25)9-11-19/h1-13,21H,14-15H2. The minimum absolute atomic E-state index is 0.00537. The molecule has 164 valence electrons. The molecule has 6 nitrogen and oxygen atoms in total. The van der Waals surface area contributed by atoms with Crippen LogP contribution in [0, 0.1) is 3.57 Å². The molecule has 0 aromatic heterocycles. The van der Waals surface area contributed by atoms with Gasteiger partial charge in [0.2, 0.25) is 15.9 Å². The van der Waals surface area contributed by atoms with Gasteiger partial charge in [0.1, 0.15) is 6.04 Å². The number of hydrogen-bond donors (Lipinski definition) is 0. The molecule has 3 aromatic rings. The van der Waals surface area contributed by atoms with Crippen LogP contribution < -0.4 is 4.90 Å². The van der Waals surface area contributed by atoms with Crippen LogP contribution in [0.4, 0.5) is 5.69 Å². The van der Waals surface area contributed by atoms with E-state index in [1.54, 1.807) is 48.5 Å². The van der Waals surface area contributed by atoms with Crippen molar-refractivity contribution in [2.75, 3.05) is 4.90 Å². The Bertz CT molecular complexity index is 1250. The molecule has 0 bridgehead atoms. The number of nitrogens with zero attached hydrogens (tertiary/aromatic N) is 2. The predicted octanol–water partition coefficient (Wildman–Crippen LogP) is 4.47. The molecule has 1 aliphatic rings. The zero-order chi connectivity index (χ0) is 22.9. The van der Waals surface area contributed by atoms with Gasteiger partial charge < -0.3 is 0 Å². The van der Waals surface area contributed by atoms with Gasteiger partial charge in [0, 0.05) is 15.1 Å². The molecule has 0 aliphatic carbocycles. The van der Waals surface area contributed by atoms with Crippen LogP contribution in [-0.4, -0.2) is 30.6 Å². The molecule has 32 heavy (non-hydrogen) atoms. The fraction of sp³-hybridized carbons (Fsp3) is 0.130. The number of sulfonamides is 1. The van der Waals surface area contributed by atoms with Gasteiger partial charge in [0.25, 0.3) is 5.91 Å². The monoisotopic (exact) mass is 580 g/mol. The van der Waals surface area contributed by atoms with Crippen molar-refractivity contribution in [3.05, 3.63) is 93.0 Å². The maximum Gasteiger partial charge on any atom is 0.252 e. The quantitative estimate of drug-likeness (QED) is 0.319. The lowest BCUT2D eigenvalue weighted by atomic mass is 10.2. The van der Waals surface area contributed by atoms with E-state index >= 15 is 0 Å². The lowest BCUT2D eigenvalue weighted by Gasteiger charge is -2.27. The summed E-state index contributed by atoms with van der Waals surface area (Å²) in [6.07, 6.45) is -0.232. The smallest absolute Gasteiger partial charge is 0.252 e. The average molecular weight is 581 g/mol. The maximum absolute atomic E-state index is 13.6. The number of rotatable bonds is 6. The maximum atomic E-state index is 13.6. The minimum atomic E-state index is -4.09. The van der Waals surface area contributed by atoms with Crippen molar-refractivity contribution < 1.29 is 18.0 Å². The van der Waals surface area contributed by atoms with Crippen molar-refractivity contribution >= 4 is 61.7 Å². The van der Waals surface area contributed by atoms with E-state index in [4.69, 9.17) is 11.6 Å². The number of halogens is 2. The van der Waals surface area contributed by atoms with Gasteiger partial charge in [-0.05, 0) is 76.7 Å². The number of benzene rings is 3. The van der Waals surface area contributed by atoms with Gasteiger partial charge in [-0.2, -0.15) is 4.31 Å². The first-order valence-electron chi connectivity index (χ1n) is 9.71. The van der Waals surface area contributed by atoms with E-state index in [0.717, 1.165) is 12.8 Å². The van der Waals surface area contributed by atoms with Crippen molar-refractivity contribution in [3.8, 4) is 0 Å². The third-order valence-corrected chi connectivity index (χ3v) is 8.00. The highest BCUT2D eigenvalue weighted by atomic mass is 127. The van der Waals surface area contributed by atoms with Crippen LogP contribution in [0.15, 0.2) is 83.8 Å². The molecule has 1 heterocycles. The Balaban J connectivity index is 1.74. The zero-order valence-electron chi connectivity index (χ0n) is 16.7. The van der Waals surface area contributed by atoms with Crippen LogP contribution in [0.3, 0.4) is 0 Å². The molecular formula is C23H18ClIN2O4S. The third-order valence-electron chi connectivity index (χ3n) is 5.16. The highest BCUT2D eigenvalue weighted by molar-refractivity contribution is 14.1. The number of amides is 2. The molecule has 9 heteroatoms. The van der Waals surface area contributed by atoms with E-state index in [1.165, 1.54) is 24.3 Å². The van der Waals surface area contributed by atoms with Gasteiger partial charge >= 0.3 is 0 Å². The number of carbonyl (C=O) groups is 2. The summed E-state index contributed by atoms with van der Waals surface area (Å²) in [5, 5.41) is 0.399. The van der Waals surface area contributed by atoms with Crippen LogP contribution >= 0.6 is 34.2 Å². The zero-order valence-corrected chi connectivity index (χ0v) is 20.4. The summed E-state index contributed by atoms with van der Waals surface area (Å²) in [5.41, 5.74) is 1.13. The highest BCUT2D eigenvalue weighted by Crippen LogP contribution is 2.31. The van der Waals surface area contributed by atoms with Gasteiger partial charge in [-0.1, -0.05) is 41.9 Å². The summed E-state index contributed by atoms with van der Waals surface area (Å²) in [5.74, 6) is -1.00. The Labute approximate surface area is 205 Å². The van der Waals surface area contributed by atoms with Crippen LogP contribution in [0.2, 0.25) is 5.02 Å². The van der Waals surface area contributed by atoms with Gasteiger partial charge in [0.05, 0.1) is 17.0 Å². The lowest BCUT2D eigenvalue weighted by molar-refractivity contribution is -0.122. The Morgan fingerprint density at radius 2 is 1.56 bits per heavy atom. The van der Waals surface area contributed by atoms with E-state index < -0.39 is 27.9 Å². The SMILES string of the molecule is O=C1CC(N(Cc2ccccc2)S(=O)(=O)c2ccc(Cl)cc2)C(=O)N1c1ccc(I)cc1. The Hall–Kier alpha value is -2.27. The Morgan fingerprint density at radius 1 is 0.938 bits per heavy atom. The second-order valence-electron chi connectivity index (χ2n) is 7.25. The van der Waals surface area contributed by atoms with Gasteiger partial charge in [-0.25, -0.2) is 13.3 Å². The second-order valence-corrected chi connectivity index (χ2v) is 10.8. The van der Waals surface area contributed by atoms with E-state index in [9.17, 15) is 18.0 Å². The molecule has 1 fully saturated rings. The van der Waals surface area contributed by atoms with Crippen LogP contribution in [0.1, 0.15) is 12.0 Å². The lowest BCUT2D eigenvalue weighted by Crippen LogP contribution is -2.45. The minimum Gasteiger partial charge on any atom is -0.274 e. The average Bonchev–Trinajstić information content (AvgIpc) is 3.07. The first-order valence-corrected chi connectivity index (χ1v) is 12.6. The fourth-order valence-corrected chi connectivity index (χ4v) is 5.63. The summed E-state index contributed by atoms with van der Waals surface area (Å²) in [6.45, 7) is -0.0456. The van der Waals surface area contributed by atoms with Crippen LogP contribution in [0.5, 0.6) is 0 Å². The topological polar surface area (TPSA) is 74.8 Å². The molecule has 4 rings (SSSR count). The summed E-state index contributed by atoms with van der Waals surface area (Å²) < 4.78 is 29.2. The summed E-state index contributed by atoms with van der Waals surface area (Å²) >= 11 is 8.06. The van der Waals surface area contributed by atoms with Crippen molar-refractivity contribution in [2.24, 2.45) is 0 Å². The predicted molar refractivity (Wildman–Crippen MR) is 131 cm³/mol. The van der Waals surface area contributed by atoms with Gasteiger partial charge in [-0.15, -0.1) is 0 Å². The largest absolute Gasteiger partial charge is 0.274 e. The van der Waals surface area contributed by atoms with Crippen LogP contribution in [0.25, 0.3) is 0 Å². The fourth-order valence-electron chi connectivity index (χ4n) is 3.57. The van der Waals surface area contributed by atoms with Crippen molar-refractivity contribution in [2.45, 2.75) is 23.9 Å². The summed E-state index contributed by atoms with van der Waals surface area (Å²) in [7, 11) is -4.09. The van der Waals surface area contributed by atoms with E-state index in [2.05, 4.69) is 22.6 Å². The summed E-state index contributed by atoms with van der Waals surface area (Å²) in [4.78, 5) is 27.2. The number of imide groups is 1. The highest BCUT2D eigenvalue weighted by Gasteiger charge is 2.46. The number of anilines is 1. The molecule has 0 N–H and O–H groups in total. The molecular weight excluding hydrogens is 563 g/mol. The molecule has 0 spiro atoms. The van der Waals surface area contributed by atoms with E-state index in [0.29, 0.717) is 16.3 Å². The van der Waals surface area contributed by atoms with Crippen LogP contribution in [-0.2, 0) is 26.2 Å². The van der Waals surface area contributed by atoms with E-state index in [1.807, 2.05) is 6.07 Å². The molecule has 1 saturated heterocycles. The normalized spacial score (nSPS) is 16.7. The third kappa shape index (κ3) is 4.59. The number of hydrogen-bond acceptors (Lipinski definition) is 4. The van der Waals surface area contributed by atoms with Gasteiger partial charge in [0.15, 0.2) is 0 Å². The molecule has 2 amide bonds. The van der Waals surface area contributed by atoms with Crippen molar-refractivity contribution in [3.63, 3.8) is 0 Å². The Kier molecular flexibility index (Phi) is 6.66. The Morgan fingerprint density at radius 3 is 2.19 bits per heavy atom. The molecule has 0 radical (unpaired) electrons. The number of carbonyl (C=O) groups excluding carboxylic acids is 2. The van der Waals surface area contributed by atoms with Crippen molar-refractivity contribution in [1.82, 2.24) is 4.31 Å². The second kappa shape index (κ2) is 9.30. The molecule has 0 saturated carbocycles. The van der Waals surface area contributed by atoms with E-state index in [-0.39, 0.29) is 17.9 Å². The van der Waals surface area contributed by atoms with Crippen molar-refractivity contribution in [1.29, 1.82) is 0 Å². The van der Waals surface area contributed by atoms with Gasteiger partial charge in [-0.3, -0.25) is 9.59 Å². The molecule has 1 unspecified atom stereocenters. The first-order chi connectivity index (χ1) is 15.3. The molecule has 1 atom stereocenters. The summed E-state index contributed by atoms with van der Waals surface area (Å²) in [6, 6.07) is 20.5. The first kappa shape index (κ1) is 22.9. The molecule has 1 aliphatic heterocycles.